The lowest BCUT2D eigenvalue weighted by Crippen LogP contribution is -2.37. The van der Waals surface area contributed by atoms with Crippen molar-refractivity contribution in [1.82, 2.24) is 5.32 Å². The fourth-order valence-corrected chi connectivity index (χ4v) is 3.09. The van der Waals surface area contributed by atoms with E-state index in [1.165, 1.54) is 11.8 Å². The Morgan fingerprint density at radius 3 is 2.96 bits per heavy atom. The topological polar surface area (TPSA) is 77.7 Å². The first-order valence-electron chi connectivity index (χ1n) is 8.16. The summed E-state index contributed by atoms with van der Waals surface area (Å²) in [5.41, 5.74) is 3.17. The molecule has 1 aliphatic heterocycles. The first-order valence-corrected chi connectivity index (χ1v) is 8.16. The summed E-state index contributed by atoms with van der Waals surface area (Å²) < 4.78 is 5.17. The molecule has 24 heavy (non-hydrogen) atoms. The van der Waals surface area contributed by atoms with Gasteiger partial charge >= 0.3 is 6.03 Å². The van der Waals surface area contributed by atoms with Crippen LogP contribution < -0.4 is 15.5 Å². The number of furan rings is 1. The van der Waals surface area contributed by atoms with Crippen LogP contribution in [0.25, 0.3) is 0 Å². The molecule has 3 rings (SSSR count). The van der Waals surface area contributed by atoms with Gasteiger partial charge in [-0.15, -0.1) is 0 Å². The van der Waals surface area contributed by atoms with Crippen molar-refractivity contribution in [2.45, 2.75) is 31.9 Å². The maximum absolute atomic E-state index is 12.2. The first kappa shape index (κ1) is 16.4. The van der Waals surface area contributed by atoms with Gasteiger partial charge in [-0.1, -0.05) is 6.07 Å². The second-order valence-electron chi connectivity index (χ2n) is 6.24. The number of amides is 2. The van der Waals surface area contributed by atoms with Gasteiger partial charge in [0.1, 0.15) is 11.9 Å². The quantitative estimate of drug-likeness (QED) is 0.788. The van der Waals surface area contributed by atoms with Gasteiger partial charge in [0.05, 0.1) is 6.26 Å². The van der Waals surface area contributed by atoms with E-state index in [1.807, 2.05) is 26.1 Å². The number of urea groups is 1. The number of carbonyl (C=O) groups is 1. The van der Waals surface area contributed by atoms with Crippen LogP contribution in [-0.4, -0.2) is 30.8 Å². The predicted molar refractivity (Wildman–Crippen MR) is 93.3 cm³/mol. The Bertz CT molecular complexity index is 700. The van der Waals surface area contributed by atoms with Crippen molar-refractivity contribution in [2.24, 2.45) is 0 Å². The van der Waals surface area contributed by atoms with Gasteiger partial charge in [-0.25, -0.2) is 4.79 Å². The number of nitrogens with one attached hydrogen (secondary N) is 2. The van der Waals surface area contributed by atoms with E-state index in [4.69, 9.17) is 4.42 Å². The van der Waals surface area contributed by atoms with Gasteiger partial charge in [0, 0.05) is 43.0 Å². The molecule has 2 aromatic rings. The fourth-order valence-electron chi connectivity index (χ4n) is 3.09. The summed E-state index contributed by atoms with van der Waals surface area (Å²) >= 11 is 0. The van der Waals surface area contributed by atoms with Gasteiger partial charge in [0.15, 0.2) is 0 Å². The molecule has 0 saturated carbocycles. The third kappa shape index (κ3) is 3.54. The summed E-state index contributed by atoms with van der Waals surface area (Å²) in [5.74, 6) is 0.507. The number of benzene rings is 1. The second kappa shape index (κ2) is 6.97. The second-order valence-corrected chi connectivity index (χ2v) is 6.24. The number of carbonyl (C=O) groups excluding carboxylic acids is 1. The molecule has 0 bridgehead atoms. The van der Waals surface area contributed by atoms with E-state index in [9.17, 15) is 9.90 Å². The molecule has 1 aliphatic rings. The van der Waals surface area contributed by atoms with Crippen LogP contribution in [0.15, 0.2) is 41.0 Å². The Kier molecular flexibility index (Phi) is 4.76. The zero-order chi connectivity index (χ0) is 17.1. The number of aliphatic hydroxyl groups excluding tert-OH is 1. The molecule has 2 amide bonds. The molecule has 1 aromatic heterocycles. The Morgan fingerprint density at radius 1 is 1.38 bits per heavy atom. The van der Waals surface area contributed by atoms with Crippen molar-refractivity contribution in [1.29, 1.82) is 0 Å². The standard InChI is InChI=1S/C18H23N3O3/c1-12(11-16(22)17-7-4-10-24-17)19-18(23)20-14-5-3-6-15-13(14)8-9-21(15)2/h3-7,10,12,16,22H,8-9,11H2,1-2H3,(H2,19,20,23)/t12-,16-/m0/s1. The number of hydrogen-bond donors (Lipinski definition) is 3. The lowest BCUT2D eigenvalue weighted by molar-refractivity contribution is 0.130. The number of likely N-dealkylation sites (N-methyl/N-ethyl adjacent to an activating group) is 1. The summed E-state index contributed by atoms with van der Waals surface area (Å²) in [5, 5.41) is 15.8. The summed E-state index contributed by atoms with van der Waals surface area (Å²) in [6.07, 6.45) is 2.10. The van der Waals surface area contributed by atoms with Gasteiger partial charge < -0.3 is 25.1 Å². The monoisotopic (exact) mass is 329 g/mol. The SMILES string of the molecule is C[C@@H](C[C@H](O)c1ccco1)NC(=O)Nc1cccc2c1CCN2C. The molecular weight excluding hydrogens is 306 g/mol. The van der Waals surface area contributed by atoms with Crippen LogP contribution >= 0.6 is 0 Å². The van der Waals surface area contributed by atoms with Crippen molar-refractivity contribution in [3.63, 3.8) is 0 Å². The van der Waals surface area contributed by atoms with Gasteiger partial charge in [0.25, 0.3) is 0 Å². The van der Waals surface area contributed by atoms with E-state index >= 15 is 0 Å². The predicted octanol–water partition coefficient (Wildman–Crippen LogP) is 2.91. The van der Waals surface area contributed by atoms with E-state index in [0.717, 1.165) is 24.3 Å². The highest BCUT2D eigenvalue weighted by molar-refractivity contribution is 5.91. The van der Waals surface area contributed by atoms with Crippen LogP contribution in [0, 0.1) is 0 Å². The highest BCUT2D eigenvalue weighted by atomic mass is 16.4. The molecule has 2 atom stereocenters. The smallest absolute Gasteiger partial charge is 0.319 e. The molecule has 0 aliphatic carbocycles. The molecule has 0 unspecified atom stereocenters. The Labute approximate surface area is 141 Å². The summed E-state index contributed by atoms with van der Waals surface area (Å²) in [7, 11) is 2.05. The fraction of sp³-hybridized carbons (Fsp3) is 0.389. The Hall–Kier alpha value is -2.47. The minimum Gasteiger partial charge on any atom is -0.467 e. The van der Waals surface area contributed by atoms with Crippen molar-refractivity contribution in [2.75, 3.05) is 23.8 Å². The normalized spacial score (nSPS) is 15.7. The maximum Gasteiger partial charge on any atom is 0.319 e. The minimum atomic E-state index is -0.732. The van der Waals surface area contributed by atoms with Crippen LogP contribution in [0.1, 0.15) is 30.8 Å². The third-order valence-electron chi connectivity index (χ3n) is 4.33. The maximum atomic E-state index is 12.2. The number of anilines is 2. The van der Waals surface area contributed by atoms with Gasteiger partial charge in [-0.3, -0.25) is 0 Å². The third-order valence-corrected chi connectivity index (χ3v) is 4.33. The molecule has 6 nitrogen and oxygen atoms in total. The van der Waals surface area contributed by atoms with Crippen LogP contribution in [0.2, 0.25) is 0 Å². The molecule has 2 heterocycles. The Balaban J connectivity index is 1.56. The molecule has 3 N–H and O–H groups in total. The molecule has 0 saturated heterocycles. The van der Waals surface area contributed by atoms with Gasteiger partial charge in [0.2, 0.25) is 0 Å². The Morgan fingerprint density at radius 2 is 2.21 bits per heavy atom. The van der Waals surface area contributed by atoms with E-state index < -0.39 is 6.10 Å². The molecular formula is C18H23N3O3. The number of fused-ring (bicyclic) bond motifs is 1. The number of nitrogens with zero attached hydrogens (tertiary/aromatic N) is 1. The summed E-state index contributed by atoms with van der Waals surface area (Å²) in [4.78, 5) is 14.4. The minimum absolute atomic E-state index is 0.190. The summed E-state index contributed by atoms with van der Waals surface area (Å²) in [6, 6.07) is 8.92. The zero-order valence-electron chi connectivity index (χ0n) is 14.0. The molecule has 0 fully saturated rings. The van der Waals surface area contributed by atoms with Crippen molar-refractivity contribution >= 4 is 17.4 Å². The molecule has 0 spiro atoms. The van der Waals surface area contributed by atoms with Crippen molar-refractivity contribution < 1.29 is 14.3 Å². The van der Waals surface area contributed by atoms with Crippen molar-refractivity contribution in [3.05, 3.63) is 47.9 Å². The number of hydrogen-bond acceptors (Lipinski definition) is 4. The van der Waals surface area contributed by atoms with Crippen LogP contribution in [0.4, 0.5) is 16.2 Å². The number of aliphatic hydroxyl groups is 1. The average molecular weight is 329 g/mol. The van der Waals surface area contributed by atoms with Crippen LogP contribution in [0.5, 0.6) is 0 Å². The van der Waals surface area contributed by atoms with E-state index in [1.54, 1.807) is 12.1 Å². The van der Waals surface area contributed by atoms with Gasteiger partial charge in [-0.2, -0.15) is 0 Å². The molecule has 1 aromatic carbocycles. The van der Waals surface area contributed by atoms with Gasteiger partial charge in [-0.05, 0) is 37.6 Å². The lowest BCUT2D eigenvalue weighted by Gasteiger charge is -2.18. The average Bonchev–Trinajstić information content (AvgIpc) is 3.18. The summed E-state index contributed by atoms with van der Waals surface area (Å²) in [6.45, 7) is 2.82. The largest absolute Gasteiger partial charge is 0.467 e. The highest BCUT2D eigenvalue weighted by Gasteiger charge is 2.20. The van der Waals surface area contributed by atoms with Crippen LogP contribution in [-0.2, 0) is 6.42 Å². The molecule has 0 radical (unpaired) electrons. The number of rotatable bonds is 5. The molecule has 128 valence electrons. The first-order chi connectivity index (χ1) is 11.5. The molecule has 6 heteroatoms. The van der Waals surface area contributed by atoms with Crippen molar-refractivity contribution in [3.8, 4) is 0 Å². The van der Waals surface area contributed by atoms with E-state index in [0.29, 0.717) is 12.2 Å². The highest BCUT2D eigenvalue weighted by Crippen LogP contribution is 2.32. The van der Waals surface area contributed by atoms with Crippen LogP contribution in [0.3, 0.4) is 0 Å². The zero-order valence-corrected chi connectivity index (χ0v) is 14.0. The van der Waals surface area contributed by atoms with E-state index in [-0.39, 0.29) is 12.1 Å². The lowest BCUT2D eigenvalue weighted by atomic mass is 10.1. The van der Waals surface area contributed by atoms with E-state index in [2.05, 4.69) is 21.6 Å².